The van der Waals surface area contributed by atoms with Crippen LogP contribution in [-0.4, -0.2) is 67.9 Å². The number of hydrogen-bond acceptors (Lipinski definition) is 5. The first kappa shape index (κ1) is 14.3. The first-order chi connectivity index (χ1) is 7.97. The molecule has 3 N–H and O–H groups in total. The third kappa shape index (κ3) is 4.21. The van der Waals surface area contributed by atoms with Crippen molar-refractivity contribution in [2.75, 3.05) is 32.9 Å². The highest BCUT2D eigenvalue weighted by molar-refractivity contribution is 7.87. The Labute approximate surface area is 99.4 Å². The summed E-state index contributed by atoms with van der Waals surface area (Å²) in [5, 5.41) is 17.4. The zero-order chi connectivity index (χ0) is 12.9. The Hall–Kier alpha value is -0.740. The zero-order valence-electron chi connectivity index (χ0n) is 9.20. The molecular weight excluding hydrogens is 252 g/mol. The number of aliphatic carboxylic acids is 1. The second kappa shape index (κ2) is 6.26. The molecule has 0 radical (unpaired) electrons. The summed E-state index contributed by atoms with van der Waals surface area (Å²) in [5.74, 6) is -1.31. The van der Waals surface area contributed by atoms with Gasteiger partial charge in [-0.25, -0.2) is 0 Å². The molecule has 1 heterocycles. The Morgan fingerprint density at radius 1 is 1.41 bits per heavy atom. The monoisotopic (exact) mass is 268 g/mol. The molecule has 1 fully saturated rings. The standard InChI is InChI=1S/C8H16N2O6S/c11-4-1-7(8(12)13)9-17(14,15)10-2-5-16-6-3-10/h7,9,11H,1-6H2,(H,12,13)/t7-/m1/s1. The molecule has 0 aromatic heterocycles. The van der Waals surface area contributed by atoms with E-state index >= 15 is 0 Å². The van der Waals surface area contributed by atoms with E-state index in [0.717, 1.165) is 4.31 Å². The molecule has 0 aromatic carbocycles. The van der Waals surface area contributed by atoms with E-state index in [2.05, 4.69) is 0 Å². The van der Waals surface area contributed by atoms with Gasteiger partial charge in [-0.05, 0) is 6.42 Å². The lowest BCUT2D eigenvalue weighted by atomic mass is 10.2. The Kier molecular flexibility index (Phi) is 5.28. The van der Waals surface area contributed by atoms with E-state index in [9.17, 15) is 13.2 Å². The molecular formula is C8H16N2O6S. The van der Waals surface area contributed by atoms with Gasteiger partial charge in [0.05, 0.1) is 13.2 Å². The van der Waals surface area contributed by atoms with E-state index in [1.165, 1.54) is 0 Å². The summed E-state index contributed by atoms with van der Waals surface area (Å²) in [5.41, 5.74) is 0. The maximum atomic E-state index is 11.8. The van der Waals surface area contributed by atoms with Crippen molar-refractivity contribution in [1.82, 2.24) is 9.03 Å². The highest BCUT2D eigenvalue weighted by atomic mass is 32.2. The summed E-state index contributed by atoms with van der Waals surface area (Å²) in [6.07, 6.45) is -0.168. The van der Waals surface area contributed by atoms with Crippen LogP contribution in [0.4, 0.5) is 0 Å². The van der Waals surface area contributed by atoms with Crippen LogP contribution in [0.15, 0.2) is 0 Å². The van der Waals surface area contributed by atoms with Crippen LogP contribution in [0.2, 0.25) is 0 Å². The van der Waals surface area contributed by atoms with Crippen molar-refractivity contribution in [3.05, 3.63) is 0 Å². The minimum atomic E-state index is -3.84. The average Bonchev–Trinajstić information content (AvgIpc) is 2.29. The molecule has 0 amide bonds. The van der Waals surface area contributed by atoms with Gasteiger partial charge in [-0.15, -0.1) is 0 Å². The Balaban J connectivity index is 2.65. The quantitative estimate of drug-likeness (QED) is 0.512. The molecule has 17 heavy (non-hydrogen) atoms. The zero-order valence-corrected chi connectivity index (χ0v) is 10.0. The first-order valence-electron chi connectivity index (χ1n) is 5.16. The van der Waals surface area contributed by atoms with Gasteiger partial charge >= 0.3 is 5.97 Å². The summed E-state index contributed by atoms with van der Waals surface area (Å²) in [6, 6.07) is -1.31. The lowest BCUT2D eigenvalue weighted by molar-refractivity contribution is -0.139. The smallest absolute Gasteiger partial charge is 0.321 e. The van der Waals surface area contributed by atoms with Crippen LogP contribution < -0.4 is 4.72 Å². The van der Waals surface area contributed by atoms with Gasteiger partial charge in [-0.3, -0.25) is 4.79 Å². The number of aliphatic hydroxyl groups is 1. The fraction of sp³-hybridized carbons (Fsp3) is 0.875. The highest BCUT2D eigenvalue weighted by Crippen LogP contribution is 2.05. The number of morpholine rings is 1. The van der Waals surface area contributed by atoms with Crippen molar-refractivity contribution < 1.29 is 28.2 Å². The lowest BCUT2D eigenvalue weighted by Gasteiger charge is -2.27. The molecule has 8 nitrogen and oxygen atoms in total. The Morgan fingerprint density at radius 2 is 2.00 bits per heavy atom. The number of carbonyl (C=O) groups is 1. The predicted molar refractivity (Wildman–Crippen MR) is 57.6 cm³/mol. The number of rotatable bonds is 6. The van der Waals surface area contributed by atoms with E-state index in [1.54, 1.807) is 0 Å². The maximum absolute atomic E-state index is 11.8. The molecule has 1 saturated heterocycles. The van der Waals surface area contributed by atoms with E-state index in [1.807, 2.05) is 4.72 Å². The van der Waals surface area contributed by atoms with Gasteiger partial charge in [0.15, 0.2) is 0 Å². The minimum Gasteiger partial charge on any atom is -0.480 e. The normalized spacial score (nSPS) is 20.1. The molecule has 1 aliphatic rings. The van der Waals surface area contributed by atoms with E-state index in [4.69, 9.17) is 14.9 Å². The van der Waals surface area contributed by atoms with E-state index in [-0.39, 0.29) is 19.5 Å². The molecule has 1 atom stereocenters. The highest BCUT2D eigenvalue weighted by Gasteiger charge is 2.29. The largest absolute Gasteiger partial charge is 0.480 e. The number of ether oxygens (including phenoxy) is 1. The minimum absolute atomic E-state index is 0.168. The Bertz CT molecular complexity index is 351. The summed E-state index contributed by atoms with van der Waals surface area (Å²) in [7, 11) is -3.84. The van der Waals surface area contributed by atoms with Crippen molar-refractivity contribution >= 4 is 16.2 Å². The van der Waals surface area contributed by atoms with Crippen molar-refractivity contribution in [3.63, 3.8) is 0 Å². The SMILES string of the molecule is O=C(O)[C@@H](CCO)NS(=O)(=O)N1CCOCC1. The molecule has 0 saturated carbocycles. The fourth-order valence-electron chi connectivity index (χ4n) is 1.40. The predicted octanol–water partition coefficient (Wildman–Crippen LogP) is -2.01. The molecule has 1 rings (SSSR count). The van der Waals surface area contributed by atoms with Crippen LogP contribution >= 0.6 is 0 Å². The summed E-state index contributed by atoms with van der Waals surface area (Å²) >= 11 is 0. The number of nitrogens with one attached hydrogen (secondary N) is 1. The van der Waals surface area contributed by atoms with Crippen molar-refractivity contribution in [2.45, 2.75) is 12.5 Å². The van der Waals surface area contributed by atoms with Crippen LogP contribution in [-0.2, 0) is 19.7 Å². The third-order valence-electron chi connectivity index (χ3n) is 2.32. The van der Waals surface area contributed by atoms with Crippen LogP contribution in [0.25, 0.3) is 0 Å². The average molecular weight is 268 g/mol. The second-order valence-corrected chi connectivity index (χ2v) is 5.24. The number of carboxylic acid groups (broad SMARTS) is 1. The molecule has 0 bridgehead atoms. The first-order valence-corrected chi connectivity index (χ1v) is 6.60. The van der Waals surface area contributed by atoms with Crippen molar-refractivity contribution in [2.24, 2.45) is 0 Å². The lowest BCUT2D eigenvalue weighted by Crippen LogP contribution is -2.51. The van der Waals surface area contributed by atoms with E-state index in [0.29, 0.717) is 13.2 Å². The van der Waals surface area contributed by atoms with Crippen LogP contribution in [0.1, 0.15) is 6.42 Å². The number of hydrogen-bond donors (Lipinski definition) is 3. The number of carboxylic acids is 1. The summed E-state index contributed by atoms with van der Waals surface area (Å²) < 4.78 is 31.8. The van der Waals surface area contributed by atoms with Crippen molar-refractivity contribution in [3.8, 4) is 0 Å². The fourth-order valence-corrected chi connectivity index (χ4v) is 2.76. The summed E-state index contributed by atoms with van der Waals surface area (Å²) in [4.78, 5) is 10.8. The van der Waals surface area contributed by atoms with Crippen molar-refractivity contribution in [1.29, 1.82) is 0 Å². The topological polar surface area (TPSA) is 116 Å². The molecule has 1 aliphatic heterocycles. The molecule has 100 valence electrons. The third-order valence-corrected chi connectivity index (χ3v) is 3.94. The molecule has 0 aliphatic carbocycles. The molecule has 9 heteroatoms. The van der Waals surface area contributed by atoms with Gasteiger partial charge in [0.25, 0.3) is 10.2 Å². The molecule has 0 aromatic rings. The van der Waals surface area contributed by atoms with Crippen LogP contribution in [0, 0.1) is 0 Å². The van der Waals surface area contributed by atoms with Gasteiger partial charge in [-0.1, -0.05) is 0 Å². The summed E-state index contributed by atoms with van der Waals surface area (Å²) in [6.45, 7) is 0.571. The van der Waals surface area contributed by atoms with E-state index < -0.39 is 28.8 Å². The molecule has 0 spiro atoms. The maximum Gasteiger partial charge on any atom is 0.321 e. The van der Waals surface area contributed by atoms with Gasteiger partial charge in [0.1, 0.15) is 6.04 Å². The second-order valence-electron chi connectivity index (χ2n) is 3.54. The Morgan fingerprint density at radius 3 is 2.47 bits per heavy atom. The van der Waals surface area contributed by atoms with Gasteiger partial charge < -0.3 is 14.9 Å². The number of nitrogens with zero attached hydrogens (tertiary/aromatic N) is 1. The van der Waals surface area contributed by atoms with Gasteiger partial charge in [0, 0.05) is 19.7 Å². The van der Waals surface area contributed by atoms with Crippen LogP contribution in [0.3, 0.4) is 0 Å². The van der Waals surface area contributed by atoms with Gasteiger partial charge in [-0.2, -0.15) is 17.4 Å². The molecule has 0 unspecified atom stereocenters. The number of aliphatic hydroxyl groups excluding tert-OH is 1. The van der Waals surface area contributed by atoms with Crippen LogP contribution in [0.5, 0.6) is 0 Å². The van der Waals surface area contributed by atoms with Gasteiger partial charge in [0.2, 0.25) is 0 Å².